The molecule has 2 N–H and O–H groups in total. The van der Waals surface area contributed by atoms with Crippen LogP contribution in [0.5, 0.6) is 5.75 Å². The summed E-state index contributed by atoms with van der Waals surface area (Å²) in [4.78, 5) is 36.9. The molecular weight excluding hydrogens is 380 g/mol. The molecule has 1 atom stereocenters. The SMILES string of the molecule is CCNC(=O)NC(=O)[C@@H](Oc1ccc(C(=O)c2ccccc2)cc1)c1ccccc1. The Bertz CT molecular complexity index is 1000. The Labute approximate surface area is 174 Å². The van der Waals surface area contributed by atoms with Crippen LogP contribution in [0, 0.1) is 0 Å². The Kier molecular flexibility index (Phi) is 6.95. The molecule has 30 heavy (non-hydrogen) atoms. The van der Waals surface area contributed by atoms with Gasteiger partial charge in [-0.1, -0.05) is 60.7 Å². The van der Waals surface area contributed by atoms with Crippen molar-refractivity contribution in [2.45, 2.75) is 13.0 Å². The monoisotopic (exact) mass is 402 g/mol. The normalized spacial score (nSPS) is 11.2. The standard InChI is InChI=1S/C24H22N2O4/c1-2-25-24(29)26-23(28)22(19-11-7-4-8-12-19)30-20-15-13-18(14-16-20)21(27)17-9-5-3-6-10-17/h3-16,22H,2H2,1H3,(H2,25,26,28,29)/t22-/m0/s1. The van der Waals surface area contributed by atoms with Gasteiger partial charge in [0.25, 0.3) is 5.91 Å². The summed E-state index contributed by atoms with van der Waals surface area (Å²) in [5.74, 6) is -0.285. The van der Waals surface area contributed by atoms with Crippen LogP contribution in [0.4, 0.5) is 4.79 Å². The van der Waals surface area contributed by atoms with Crippen LogP contribution in [0.3, 0.4) is 0 Å². The quantitative estimate of drug-likeness (QED) is 0.588. The molecule has 0 fully saturated rings. The lowest BCUT2D eigenvalue weighted by Crippen LogP contribution is -2.42. The Hall–Kier alpha value is -3.93. The smallest absolute Gasteiger partial charge is 0.321 e. The summed E-state index contributed by atoms with van der Waals surface area (Å²) >= 11 is 0. The molecule has 0 saturated heterocycles. The molecule has 0 aromatic heterocycles. The van der Waals surface area contributed by atoms with Gasteiger partial charge >= 0.3 is 6.03 Å². The number of rotatable bonds is 7. The van der Waals surface area contributed by atoms with E-state index in [1.165, 1.54) is 0 Å². The van der Waals surface area contributed by atoms with Crippen molar-refractivity contribution in [2.75, 3.05) is 6.54 Å². The third-order valence-electron chi connectivity index (χ3n) is 4.32. The van der Waals surface area contributed by atoms with Crippen molar-refractivity contribution in [1.29, 1.82) is 0 Å². The average Bonchev–Trinajstić information content (AvgIpc) is 2.78. The molecule has 6 nitrogen and oxygen atoms in total. The van der Waals surface area contributed by atoms with Crippen LogP contribution >= 0.6 is 0 Å². The summed E-state index contributed by atoms with van der Waals surface area (Å²) in [6.07, 6.45) is -1.02. The lowest BCUT2D eigenvalue weighted by molar-refractivity contribution is -0.127. The molecule has 0 radical (unpaired) electrons. The van der Waals surface area contributed by atoms with E-state index in [0.717, 1.165) is 0 Å². The van der Waals surface area contributed by atoms with Gasteiger partial charge < -0.3 is 10.1 Å². The van der Waals surface area contributed by atoms with Crippen molar-refractivity contribution < 1.29 is 19.1 Å². The third-order valence-corrected chi connectivity index (χ3v) is 4.32. The molecular formula is C24H22N2O4. The second-order valence-corrected chi connectivity index (χ2v) is 6.48. The van der Waals surface area contributed by atoms with Gasteiger partial charge in [0.1, 0.15) is 5.75 Å². The van der Waals surface area contributed by atoms with Gasteiger partial charge in [-0.15, -0.1) is 0 Å². The van der Waals surface area contributed by atoms with Gasteiger partial charge in [0, 0.05) is 23.2 Å². The fourth-order valence-corrected chi connectivity index (χ4v) is 2.86. The maximum Gasteiger partial charge on any atom is 0.321 e. The molecule has 3 aromatic carbocycles. The van der Waals surface area contributed by atoms with Crippen LogP contribution in [0.2, 0.25) is 0 Å². The molecule has 0 heterocycles. The first kappa shape index (κ1) is 20.8. The second-order valence-electron chi connectivity index (χ2n) is 6.48. The summed E-state index contributed by atoms with van der Waals surface area (Å²) in [5.41, 5.74) is 1.70. The summed E-state index contributed by atoms with van der Waals surface area (Å²) in [5, 5.41) is 4.80. The Morgan fingerprint density at radius 3 is 1.97 bits per heavy atom. The van der Waals surface area contributed by atoms with E-state index in [1.54, 1.807) is 67.6 Å². The number of imide groups is 1. The zero-order chi connectivity index (χ0) is 21.3. The number of nitrogens with one attached hydrogen (secondary N) is 2. The topological polar surface area (TPSA) is 84.5 Å². The molecule has 0 unspecified atom stereocenters. The van der Waals surface area contributed by atoms with Crippen LogP contribution < -0.4 is 15.4 Å². The number of amides is 3. The predicted octanol–water partition coefficient (Wildman–Crippen LogP) is 3.88. The van der Waals surface area contributed by atoms with Gasteiger partial charge in [-0.25, -0.2) is 4.79 Å². The third kappa shape index (κ3) is 5.32. The number of carbonyl (C=O) groups excluding carboxylic acids is 3. The van der Waals surface area contributed by atoms with Crippen LogP contribution in [-0.4, -0.2) is 24.3 Å². The first-order valence-corrected chi connectivity index (χ1v) is 9.58. The summed E-state index contributed by atoms with van der Waals surface area (Å²) in [6.45, 7) is 2.15. The minimum atomic E-state index is -1.02. The van der Waals surface area contributed by atoms with E-state index in [0.29, 0.717) is 29.0 Å². The molecule has 6 heteroatoms. The van der Waals surface area contributed by atoms with Crippen molar-refractivity contribution >= 4 is 17.7 Å². The van der Waals surface area contributed by atoms with Gasteiger partial charge in [0.05, 0.1) is 0 Å². The van der Waals surface area contributed by atoms with Crippen LogP contribution in [-0.2, 0) is 4.79 Å². The molecule has 3 amide bonds. The Morgan fingerprint density at radius 2 is 1.37 bits per heavy atom. The summed E-state index contributed by atoms with van der Waals surface area (Å²) in [6, 6.07) is 23.8. The molecule has 0 aliphatic rings. The largest absolute Gasteiger partial charge is 0.476 e. The van der Waals surface area contributed by atoms with Gasteiger partial charge in [-0.2, -0.15) is 0 Å². The van der Waals surface area contributed by atoms with Crippen LogP contribution in [0.15, 0.2) is 84.9 Å². The van der Waals surface area contributed by atoms with Gasteiger partial charge in [-0.3, -0.25) is 14.9 Å². The van der Waals surface area contributed by atoms with Crippen molar-refractivity contribution in [3.8, 4) is 5.75 Å². The molecule has 3 aromatic rings. The lowest BCUT2D eigenvalue weighted by Gasteiger charge is -2.19. The lowest BCUT2D eigenvalue weighted by atomic mass is 10.0. The van der Waals surface area contributed by atoms with Crippen molar-refractivity contribution in [3.05, 3.63) is 102 Å². The number of ketones is 1. The number of urea groups is 1. The van der Waals surface area contributed by atoms with Crippen LogP contribution in [0.1, 0.15) is 34.5 Å². The maximum atomic E-state index is 12.6. The Morgan fingerprint density at radius 1 is 0.800 bits per heavy atom. The molecule has 152 valence electrons. The number of hydrogen-bond donors (Lipinski definition) is 2. The Balaban J connectivity index is 1.78. The van der Waals surface area contributed by atoms with Gasteiger partial charge in [-0.05, 0) is 31.2 Å². The van der Waals surface area contributed by atoms with Gasteiger partial charge in [0.15, 0.2) is 5.78 Å². The molecule has 3 rings (SSSR count). The highest BCUT2D eigenvalue weighted by atomic mass is 16.5. The predicted molar refractivity (Wildman–Crippen MR) is 113 cm³/mol. The first-order chi connectivity index (χ1) is 14.6. The van der Waals surface area contributed by atoms with E-state index in [-0.39, 0.29) is 5.78 Å². The van der Waals surface area contributed by atoms with E-state index in [4.69, 9.17) is 4.74 Å². The number of carbonyl (C=O) groups is 3. The van der Waals surface area contributed by atoms with E-state index in [9.17, 15) is 14.4 Å². The zero-order valence-electron chi connectivity index (χ0n) is 16.5. The maximum absolute atomic E-state index is 12.6. The fourth-order valence-electron chi connectivity index (χ4n) is 2.86. The molecule has 0 aliphatic carbocycles. The number of benzene rings is 3. The fraction of sp³-hybridized carbons (Fsp3) is 0.125. The first-order valence-electron chi connectivity index (χ1n) is 9.58. The highest BCUT2D eigenvalue weighted by Crippen LogP contribution is 2.23. The molecule has 0 aliphatic heterocycles. The van der Waals surface area contributed by atoms with E-state index >= 15 is 0 Å². The van der Waals surface area contributed by atoms with Gasteiger partial charge in [0.2, 0.25) is 6.10 Å². The number of ether oxygens (including phenoxy) is 1. The van der Waals surface area contributed by atoms with Crippen molar-refractivity contribution in [3.63, 3.8) is 0 Å². The second kappa shape index (κ2) is 10.0. The van der Waals surface area contributed by atoms with E-state index < -0.39 is 18.0 Å². The van der Waals surface area contributed by atoms with Crippen LogP contribution in [0.25, 0.3) is 0 Å². The summed E-state index contributed by atoms with van der Waals surface area (Å²) in [7, 11) is 0. The van der Waals surface area contributed by atoms with E-state index in [2.05, 4.69) is 10.6 Å². The zero-order valence-corrected chi connectivity index (χ0v) is 16.5. The molecule has 0 spiro atoms. The highest BCUT2D eigenvalue weighted by Gasteiger charge is 2.24. The number of hydrogen-bond acceptors (Lipinski definition) is 4. The van der Waals surface area contributed by atoms with E-state index in [1.807, 2.05) is 24.3 Å². The van der Waals surface area contributed by atoms with Crippen molar-refractivity contribution in [2.24, 2.45) is 0 Å². The minimum absolute atomic E-state index is 0.101. The molecule has 0 saturated carbocycles. The molecule has 0 bridgehead atoms. The minimum Gasteiger partial charge on any atom is -0.476 e. The summed E-state index contributed by atoms with van der Waals surface area (Å²) < 4.78 is 5.88. The average molecular weight is 402 g/mol. The highest BCUT2D eigenvalue weighted by molar-refractivity contribution is 6.09. The van der Waals surface area contributed by atoms with Crippen molar-refractivity contribution in [1.82, 2.24) is 10.6 Å².